The van der Waals surface area contributed by atoms with Crippen molar-refractivity contribution in [2.45, 2.75) is 18.7 Å². The van der Waals surface area contributed by atoms with E-state index in [1.807, 2.05) is 0 Å². The summed E-state index contributed by atoms with van der Waals surface area (Å²) in [5.41, 5.74) is 1.30. The lowest BCUT2D eigenvalue weighted by Crippen LogP contribution is -2.29. The number of aryl methyl sites for hydroxylation is 1. The van der Waals surface area contributed by atoms with Crippen molar-refractivity contribution < 1.29 is 27.5 Å². The molecule has 32 heavy (non-hydrogen) atoms. The Morgan fingerprint density at radius 2 is 1.72 bits per heavy atom. The highest BCUT2D eigenvalue weighted by Crippen LogP contribution is 2.22. The lowest BCUT2D eigenvalue weighted by molar-refractivity contribution is -0.144. The van der Waals surface area contributed by atoms with Crippen LogP contribution in [0, 0.1) is 6.92 Å². The van der Waals surface area contributed by atoms with Crippen molar-refractivity contribution in [1.29, 1.82) is 0 Å². The molecule has 0 atom stereocenters. The van der Waals surface area contributed by atoms with E-state index in [2.05, 4.69) is 10.6 Å². The first-order chi connectivity index (χ1) is 15.0. The van der Waals surface area contributed by atoms with E-state index in [9.17, 15) is 22.8 Å². The van der Waals surface area contributed by atoms with Crippen molar-refractivity contribution in [2.24, 2.45) is 0 Å². The van der Waals surface area contributed by atoms with Crippen LogP contribution in [0.25, 0.3) is 6.08 Å². The number of sulfonamides is 1. The van der Waals surface area contributed by atoms with Gasteiger partial charge in [-0.15, -0.1) is 0 Å². The van der Waals surface area contributed by atoms with Gasteiger partial charge >= 0.3 is 5.97 Å². The first kappa shape index (κ1) is 24.8. The minimum absolute atomic E-state index is 0.0519. The number of nitrogens with zero attached hydrogens (tertiary/aromatic N) is 1. The SMILES string of the molecule is CC(=O)N/C(=C\c1ccccc1)C(=O)OCC(=O)Nc1ccc(C)c(S(=O)(=O)N(C)C)c1. The van der Waals surface area contributed by atoms with Gasteiger partial charge in [0.05, 0.1) is 4.90 Å². The number of benzene rings is 2. The van der Waals surface area contributed by atoms with Crippen LogP contribution in [0.5, 0.6) is 0 Å². The zero-order valence-corrected chi connectivity index (χ0v) is 19.0. The maximum absolute atomic E-state index is 12.4. The summed E-state index contributed by atoms with van der Waals surface area (Å²) in [6.07, 6.45) is 1.43. The fourth-order valence-electron chi connectivity index (χ4n) is 2.61. The summed E-state index contributed by atoms with van der Waals surface area (Å²) in [5, 5.41) is 4.89. The van der Waals surface area contributed by atoms with E-state index in [4.69, 9.17) is 4.74 Å². The maximum Gasteiger partial charge on any atom is 0.355 e. The van der Waals surface area contributed by atoms with Gasteiger partial charge in [0.2, 0.25) is 15.9 Å². The van der Waals surface area contributed by atoms with Gasteiger partial charge in [0.25, 0.3) is 5.91 Å². The van der Waals surface area contributed by atoms with Gasteiger partial charge in [-0.25, -0.2) is 17.5 Å². The molecular formula is C22H25N3O6S. The van der Waals surface area contributed by atoms with E-state index in [1.54, 1.807) is 49.4 Å². The Morgan fingerprint density at radius 3 is 2.31 bits per heavy atom. The quantitative estimate of drug-likeness (QED) is 0.459. The molecule has 2 aromatic rings. The molecule has 0 aliphatic rings. The number of carbonyl (C=O) groups excluding carboxylic acids is 3. The van der Waals surface area contributed by atoms with Crippen LogP contribution < -0.4 is 10.6 Å². The molecule has 170 valence electrons. The Morgan fingerprint density at radius 1 is 1.06 bits per heavy atom. The second kappa shape index (κ2) is 10.7. The summed E-state index contributed by atoms with van der Waals surface area (Å²) >= 11 is 0. The fourth-order valence-corrected chi connectivity index (χ4v) is 3.75. The highest BCUT2D eigenvalue weighted by atomic mass is 32.2. The second-order valence-electron chi connectivity index (χ2n) is 7.04. The average molecular weight is 460 g/mol. The lowest BCUT2D eigenvalue weighted by atomic mass is 10.2. The summed E-state index contributed by atoms with van der Waals surface area (Å²) < 4.78 is 30.9. The summed E-state index contributed by atoms with van der Waals surface area (Å²) in [6.45, 7) is 2.26. The number of rotatable bonds is 8. The third-order valence-electron chi connectivity index (χ3n) is 4.21. The number of hydrogen-bond donors (Lipinski definition) is 2. The Bertz CT molecular complexity index is 1140. The van der Waals surface area contributed by atoms with Crippen molar-refractivity contribution in [3.05, 3.63) is 65.4 Å². The van der Waals surface area contributed by atoms with Crippen molar-refractivity contribution in [1.82, 2.24) is 9.62 Å². The number of amides is 2. The molecule has 2 rings (SSSR count). The molecule has 0 aliphatic carbocycles. The number of esters is 1. The first-order valence-corrected chi connectivity index (χ1v) is 11.0. The van der Waals surface area contributed by atoms with E-state index < -0.39 is 34.4 Å². The second-order valence-corrected chi connectivity index (χ2v) is 9.16. The Hall–Kier alpha value is -3.50. The number of carbonyl (C=O) groups is 3. The molecule has 0 radical (unpaired) electrons. The van der Waals surface area contributed by atoms with E-state index in [0.29, 0.717) is 11.1 Å². The normalized spacial score (nSPS) is 11.7. The number of nitrogens with one attached hydrogen (secondary N) is 2. The van der Waals surface area contributed by atoms with Crippen LogP contribution >= 0.6 is 0 Å². The summed E-state index contributed by atoms with van der Waals surface area (Å²) in [4.78, 5) is 36.1. The Labute approximate surface area is 187 Å². The minimum atomic E-state index is -3.70. The van der Waals surface area contributed by atoms with E-state index >= 15 is 0 Å². The van der Waals surface area contributed by atoms with E-state index in [-0.39, 0.29) is 16.3 Å². The highest BCUT2D eigenvalue weighted by molar-refractivity contribution is 7.89. The van der Waals surface area contributed by atoms with Crippen molar-refractivity contribution in [2.75, 3.05) is 26.0 Å². The van der Waals surface area contributed by atoms with Crippen molar-refractivity contribution >= 4 is 39.6 Å². The van der Waals surface area contributed by atoms with E-state index in [1.165, 1.54) is 33.2 Å². The predicted octanol–water partition coefficient (Wildman–Crippen LogP) is 1.90. The molecule has 0 fully saturated rings. The molecule has 2 aromatic carbocycles. The molecule has 0 spiro atoms. The molecule has 0 aromatic heterocycles. The predicted molar refractivity (Wildman–Crippen MR) is 120 cm³/mol. The Kier molecular flexibility index (Phi) is 8.27. The monoisotopic (exact) mass is 459 g/mol. The molecule has 0 saturated heterocycles. The maximum atomic E-state index is 12.4. The van der Waals surface area contributed by atoms with Crippen molar-refractivity contribution in [3.8, 4) is 0 Å². The van der Waals surface area contributed by atoms with Gasteiger partial charge in [0.1, 0.15) is 5.70 Å². The van der Waals surface area contributed by atoms with Crippen LogP contribution in [0.15, 0.2) is 59.1 Å². The summed E-state index contributed by atoms with van der Waals surface area (Å²) in [7, 11) is -0.872. The van der Waals surface area contributed by atoms with Gasteiger partial charge in [0, 0.05) is 26.7 Å². The van der Waals surface area contributed by atoms with Crippen LogP contribution in [0.4, 0.5) is 5.69 Å². The fraction of sp³-hybridized carbons (Fsp3) is 0.227. The molecule has 2 amide bonds. The molecule has 10 heteroatoms. The van der Waals surface area contributed by atoms with Crippen LogP contribution in [0.3, 0.4) is 0 Å². The molecule has 0 heterocycles. The topological polar surface area (TPSA) is 122 Å². The molecule has 0 aliphatic heterocycles. The van der Waals surface area contributed by atoms with Crippen LogP contribution in [-0.2, 0) is 29.1 Å². The molecule has 9 nitrogen and oxygen atoms in total. The van der Waals surface area contributed by atoms with Crippen LogP contribution in [0.1, 0.15) is 18.1 Å². The molecule has 0 saturated carbocycles. The smallest absolute Gasteiger partial charge is 0.355 e. The van der Waals surface area contributed by atoms with Gasteiger partial charge in [-0.1, -0.05) is 36.4 Å². The zero-order chi connectivity index (χ0) is 23.9. The molecule has 2 N–H and O–H groups in total. The van der Waals surface area contributed by atoms with Gasteiger partial charge in [-0.2, -0.15) is 0 Å². The van der Waals surface area contributed by atoms with Crippen molar-refractivity contribution in [3.63, 3.8) is 0 Å². The van der Waals surface area contributed by atoms with E-state index in [0.717, 1.165) is 4.31 Å². The van der Waals surface area contributed by atoms with Gasteiger partial charge < -0.3 is 15.4 Å². The molecule has 0 bridgehead atoms. The zero-order valence-electron chi connectivity index (χ0n) is 18.2. The molecular weight excluding hydrogens is 434 g/mol. The first-order valence-electron chi connectivity index (χ1n) is 9.55. The largest absolute Gasteiger partial charge is 0.451 e. The summed E-state index contributed by atoms with van der Waals surface area (Å²) in [5.74, 6) is -2.03. The third kappa shape index (κ3) is 6.76. The van der Waals surface area contributed by atoms with Gasteiger partial charge in [0.15, 0.2) is 6.61 Å². The van der Waals surface area contributed by atoms with Crippen LogP contribution in [0.2, 0.25) is 0 Å². The number of ether oxygens (including phenoxy) is 1. The Balaban J connectivity index is 2.09. The summed E-state index contributed by atoms with van der Waals surface area (Å²) in [6, 6.07) is 13.2. The lowest BCUT2D eigenvalue weighted by Gasteiger charge is -2.15. The third-order valence-corrected chi connectivity index (χ3v) is 6.16. The minimum Gasteiger partial charge on any atom is -0.451 e. The van der Waals surface area contributed by atoms with Crippen LogP contribution in [-0.4, -0.2) is 51.2 Å². The number of hydrogen-bond acceptors (Lipinski definition) is 6. The standard InChI is InChI=1S/C22H25N3O6S/c1-15-10-11-18(13-20(15)32(29,30)25(3)4)24-21(27)14-31-22(28)19(23-16(2)26)12-17-8-6-5-7-9-17/h5-13H,14H2,1-4H3,(H,23,26)(H,24,27)/b19-12-. The van der Waals surface area contributed by atoms with Gasteiger partial charge in [-0.05, 0) is 36.3 Å². The average Bonchev–Trinajstić information content (AvgIpc) is 2.73. The highest BCUT2D eigenvalue weighted by Gasteiger charge is 2.21. The number of anilines is 1. The van der Waals surface area contributed by atoms with Gasteiger partial charge in [-0.3, -0.25) is 9.59 Å². The molecule has 0 unspecified atom stereocenters.